The van der Waals surface area contributed by atoms with E-state index in [1.54, 1.807) is 37.5 Å². The van der Waals surface area contributed by atoms with Crippen molar-refractivity contribution < 1.29 is 23.8 Å². The Kier molecular flexibility index (Phi) is 7.83. The van der Waals surface area contributed by atoms with Gasteiger partial charge in [0, 0.05) is 20.7 Å². The second-order valence-electron chi connectivity index (χ2n) is 9.72. The van der Waals surface area contributed by atoms with Gasteiger partial charge in [-0.05, 0) is 63.9 Å². The first kappa shape index (κ1) is 25.9. The number of carbonyl (C=O) groups is 2. The lowest BCUT2D eigenvalue weighted by atomic mass is 10.2. The van der Waals surface area contributed by atoms with Crippen LogP contribution in [0.15, 0.2) is 4.60 Å². The minimum atomic E-state index is -0.704. The van der Waals surface area contributed by atoms with Crippen LogP contribution >= 0.6 is 15.9 Å². The second-order valence-corrected chi connectivity index (χ2v) is 10.5. The summed E-state index contributed by atoms with van der Waals surface area (Å²) in [6.07, 6.45) is -0.546. The third kappa shape index (κ3) is 6.13. The number of carbonyl (C=O) groups excluding carboxylic acids is 2. The zero-order chi connectivity index (χ0) is 24.4. The molecule has 2 amide bonds. The second kappa shape index (κ2) is 9.67. The number of hydrogen-bond acceptors (Lipinski definition) is 7. The number of likely N-dealkylation sites (tertiary alicyclic amines) is 1. The van der Waals surface area contributed by atoms with Crippen molar-refractivity contribution in [1.82, 2.24) is 14.7 Å². The van der Waals surface area contributed by atoms with E-state index >= 15 is 0 Å². The molecule has 0 aromatic carbocycles. The summed E-state index contributed by atoms with van der Waals surface area (Å²) in [5, 5.41) is 14.2. The van der Waals surface area contributed by atoms with Crippen LogP contribution in [0.25, 0.3) is 0 Å². The standard InChI is InChI=1S/C21H32BrN5O5/c1-20(2,3)31-18(28)25(7)17-15(10-23)16(22)24-27(17)13-9-14(12-30-8)26(11-13)19(29)32-21(4,5)6/h13-14H,9,11-12H2,1-8H3/t13?,14-/m0/s1. The van der Waals surface area contributed by atoms with Gasteiger partial charge in [-0.2, -0.15) is 10.4 Å². The van der Waals surface area contributed by atoms with E-state index in [9.17, 15) is 14.9 Å². The van der Waals surface area contributed by atoms with Gasteiger partial charge in [0.05, 0.1) is 18.7 Å². The number of hydrogen-bond donors (Lipinski definition) is 0. The summed E-state index contributed by atoms with van der Waals surface area (Å²) < 4.78 is 18.3. The SMILES string of the molecule is COC[C@@H]1CC(n2nc(Br)c(C#N)c2N(C)C(=O)OC(C)(C)C)CN1C(=O)OC(C)(C)C. The first-order valence-corrected chi connectivity index (χ1v) is 11.1. The van der Waals surface area contributed by atoms with Crippen LogP contribution in [0.3, 0.4) is 0 Å². The number of nitriles is 1. The molecule has 1 fully saturated rings. The van der Waals surface area contributed by atoms with Gasteiger partial charge in [-0.15, -0.1) is 0 Å². The van der Waals surface area contributed by atoms with Crippen molar-refractivity contribution in [3.63, 3.8) is 0 Å². The van der Waals surface area contributed by atoms with Gasteiger partial charge in [0.25, 0.3) is 0 Å². The first-order valence-electron chi connectivity index (χ1n) is 10.3. The summed E-state index contributed by atoms with van der Waals surface area (Å²) >= 11 is 3.32. The first-order chi connectivity index (χ1) is 14.7. The van der Waals surface area contributed by atoms with Crippen LogP contribution in [-0.4, -0.2) is 71.4 Å². The Labute approximate surface area is 197 Å². The molecule has 1 saturated heterocycles. The third-order valence-electron chi connectivity index (χ3n) is 4.66. The number of halogens is 1. The summed E-state index contributed by atoms with van der Waals surface area (Å²) in [6, 6.07) is 1.55. The molecular weight excluding hydrogens is 482 g/mol. The predicted octanol–water partition coefficient (Wildman–Crippen LogP) is 4.09. The molecule has 2 rings (SSSR count). The lowest BCUT2D eigenvalue weighted by Crippen LogP contribution is -2.41. The summed E-state index contributed by atoms with van der Waals surface area (Å²) in [6.45, 7) is 11.3. The summed E-state index contributed by atoms with van der Waals surface area (Å²) in [5.41, 5.74) is -1.14. The Balaban J connectivity index is 2.41. The average Bonchev–Trinajstić information content (AvgIpc) is 3.19. The molecule has 1 aliphatic rings. The number of amides is 2. The van der Waals surface area contributed by atoms with Crippen LogP contribution in [0.2, 0.25) is 0 Å². The van der Waals surface area contributed by atoms with Crippen molar-refractivity contribution in [1.29, 1.82) is 5.26 Å². The maximum atomic E-state index is 12.8. The van der Waals surface area contributed by atoms with Crippen LogP contribution in [0.4, 0.5) is 15.4 Å². The molecule has 1 aromatic heterocycles. The molecule has 10 nitrogen and oxygen atoms in total. The monoisotopic (exact) mass is 513 g/mol. The highest BCUT2D eigenvalue weighted by Crippen LogP contribution is 2.36. The number of rotatable bonds is 4. The summed E-state index contributed by atoms with van der Waals surface area (Å²) in [7, 11) is 3.10. The molecule has 1 unspecified atom stereocenters. The molecule has 1 aromatic rings. The molecule has 178 valence electrons. The highest BCUT2D eigenvalue weighted by Gasteiger charge is 2.41. The molecule has 0 spiro atoms. The topological polar surface area (TPSA) is 110 Å². The van der Waals surface area contributed by atoms with Gasteiger partial charge >= 0.3 is 12.2 Å². The molecule has 0 bridgehead atoms. The largest absolute Gasteiger partial charge is 0.444 e. The number of methoxy groups -OCH3 is 1. The molecule has 11 heteroatoms. The smallest absolute Gasteiger partial charge is 0.415 e. The summed E-state index contributed by atoms with van der Waals surface area (Å²) in [4.78, 5) is 28.4. The number of anilines is 1. The van der Waals surface area contributed by atoms with E-state index < -0.39 is 23.4 Å². The Hall–Kier alpha value is -2.32. The minimum Gasteiger partial charge on any atom is -0.444 e. The number of ether oxygens (including phenoxy) is 3. The van der Waals surface area contributed by atoms with Gasteiger partial charge in [0.2, 0.25) is 0 Å². The fourth-order valence-electron chi connectivity index (χ4n) is 3.45. The van der Waals surface area contributed by atoms with Crippen molar-refractivity contribution >= 4 is 33.9 Å². The van der Waals surface area contributed by atoms with Crippen LogP contribution in [0, 0.1) is 11.3 Å². The van der Waals surface area contributed by atoms with E-state index in [2.05, 4.69) is 27.1 Å². The highest BCUT2D eigenvalue weighted by atomic mass is 79.9. The van der Waals surface area contributed by atoms with Crippen molar-refractivity contribution in [2.24, 2.45) is 0 Å². The summed E-state index contributed by atoms with van der Waals surface area (Å²) in [5.74, 6) is 0.292. The molecule has 1 aliphatic heterocycles. The highest BCUT2D eigenvalue weighted by molar-refractivity contribution is 9.10. The van der Waals surface area contributed by atoms with Gasteiger partial charge in [-0.1, -0.05) is 0 Å². The van der Waals surface area contributed by atoms with Crippen molar-refractivity contribution in [3.8, 4) is 6.07 Å². The molecule has 0 N–H and O–H groups in total. The molecular formula is C21H32BrN5O5. The maximum absolute atomic E-state index is 12.8. The Morgan fingerprint density at radius 3 is 2.31 bits per heavy atom. The van der Waals surface area contributed by atoms with Crippen molar-refractivity contribution in [3.05, 3.63) is 10.2 Å². The van der Waals surface area contributed by atoms with Gasteiger partial charge in [0.1, 0.15) is 27.4 Å². The number of aromatic nitrogens is 2. The lowest BCUT2D eigenvalue weighted by Gasteiger charge is -2.28. The Morgan fingerprint density at radius 2 is 1.81 bits per heavy atom. The van der Waals surface area contributed by atoms with E-state index in [-0.39, 0.29) is 24.2 Å². The molecule has 0 saturated carbocycles. The zero-order valence-corrected chi connectivity index (χ0v) is 21.5. The van der Waals surface area contributed by atoms with Crippen LogP contribution in [0.1, 0.15) is 59.6 Å². The van der Waals surface area contributed by atoms with Crippen molar-refractivity contribution in [2.75, 3.05) is 32.2 Å². The molecule has 32 heavy (non-hydrogen) atoms. The minimum absolute atomic E-state index is 0.206. The molecule has 2 heterocycles. The normalized spacial score (nSPS) is 18.9. The predicted molar refractivity (Wildman–Crippen MR) is 122 cm³/mol. The van der Waals surface area contributed by atoms with Crippen LogP contribution in [0.5, 0.6) is 0 Å². The Bertz CT molecular complexity index is 896. The fourth-order valence-corrected chi connectivity index (χ4v) is 3.89. The van der Waals surface area contributed by atoms with Crippen LogP contribution < -0.4 is 4.90 Å². The van der Waals surface area contributed by atoms with Gasteiger partial charge in [-0.25, -0.2) is 14.3 Å². The van der Waals surface area contributed by atoms with E-state index in [1.807, 2.05) is 20.8 Å². The van der Waals surface area contributed by atoms with Gasteiger partial charge in [0.15, 0.2) is 5.82 Å². The van der Waals surface area contributed by atoms with Crippen LogP contribution in [-0.2, 0) is 14.2 Å². The van der Waals surface area contributed by atoms with Gasteiger partial charge < -0.3 is 19.1 Å². The van der Waals surface area contributed by atoms with E-state index in [0.29, 0.717) is 23.4 Å². The lowest BCUT2D eigenvalue weighted by molar-refractivity contribution is 0.0145. The quantitative estimate of drug-likeness (QED) is 0.595. The molecule has 0 aliphatic carbocycles. The van der Waals surface area contributed by atoms with Crippen molar-refractivity contribution in [2.45, 2.75) is 71.2 Å². The molecule has 0 radical (unpaired) electrons. The average molecular weight is 514 g/mol. The maximum Gasteiger partial charge on any atom is 0.415 e. The van der Waals surface area contributed by atoms with E-state index in [1.165, 1.54) is 11.9 Å². The van der Waals surface area contributed by atoms with E-state index in [0.717, 1.165) is 0 Å². The molecule has 2 atom stereocenters. The van der Waals surface area contributed by atoms with E-state index in [4.69, 9.17) is 14.2 Å². The zero-order valence-electron chi connectivity index (χ0n) is 19.9. The Morgan fingerprint density at radius 1 is 1.22 bits per heavy atom. The third-order valence-corrected chi connectivity index (χ3v) is 5.22. The number of nitrogens with zero attached hydrogens (tertiary/aromatic N) is 5. The van der Waals surface area contributed by atoms with Gasteiger partial charge in [-0.3, -0.25) is 4.90 Å². The fraction of sp³-hybridized carbons (Fsp3) is 0.714.